The highest BCUT2D eigenvalue weighted by atomic mass is 35.5. The molecule has 1 heterocycles. The van der Waals surface area contributed by atoms with Crippen LogP contribution in [0.5, 0.6) is 0 Å². The van der Waals surface area contributed by atoms with Crippen LogP contribution in [-0.4, -0.2) is 13.4 Å². The van der Waals surface area contributed by atoms with Crippen molar-refractivity contribution in [3.63, 3.8) is 0 Å². The molecule has 0 saturated heterocycles. The van der Waals surface area contributed by atoms with Gasteiger partial charge in [0, 0.05) is 5.38 Å². The molecule has 98 valence electrons. The van der Waals surface area contributed by atoms with Crippen LogP contribution in [-0.2, 0) is 16.6 Å². The Kier molecular flexibility index (Phi) is 4.17. The van der Waals surface area contributed by atoms with Gasteiger partial charge in [0.1, 0.15) is 4.90 Å². The van der Waals surface area contributed by atoms with Crippen LogP contribution in [0.25, 0.3) is 0 Å². The van der Waals surface area contributed by atoms with Crippen molar-refractivity contribution < 1.29 is 8.42 Å². The smallest absolute Gasteiger partial charge is 0.242 e. The number of halogens is 1. The molecule has 8 heteroatoms. The van der Waals surface area contributed by atoms with Gasteiger partial charge in [0.25, 0.3) is 0 Å². The number of thiazole rings is 1. The van der Waals surface area contributed by atoms with E-state index < -0.39 is 10.0 Å². The van der Waals surface area contributed by atoms with Crippen molar-refractivity contribution in [1.82, 2.24) is 9.71 Å². The fraction of sp³-hybridized carbons (Fsp3) is 0.0909. The Labute approximate surface area is 119 Å². The second kappa shape index (κ2) is 5.67. The minimum atomic E-state index is -3.72. The van der Waals surface area contributed by atoms with E-state index in [1.807, 2.05) is 6.07 Å². The number of nitrogens with zero attached hydrogens (tertiary/aromatic N) is 2. The molecule has 0 spiro atoms. The number of aromatic nitrogens is 1. The molecule has 1 N–H and O–H groups in total. The van der Waals surface area contributed by atoms with Crippen molar-refractivity contribution in [2.75, 3.05) is 0 Å². The molecule has 2 rings (SSSR count). The first-order chi connectivity index (χ1) is 9.03. The fourth-order valence-corrected chi connectivity index (χ4v) is 3.46. The summed E-state index contributed by atoms with van der Waals surface area (Å²) in [4.78, 5) is 3.93. The molecule has 0 saturated carbocycles. The molecular weight excluding hydrogens is 306 g/mol. The average molecular weight is 314 g/mol. The highest BCUT2D eigenvalue weighted by molar-refractivity contribution is 7.89. The molecule has 2 aromatic rings. The van der Waals surface area contributed by atoms with Gasteiger partial charge in [0.05, 0.1) is 34.4 Å². The van der Waals surface area contributed by atoms with Gasteiger partial charge >= 0.3 is 0 Å². The fourth-order valence-electron chi connectivity index (χ4n) is 1.36. The first kappa shape index (κ1) is 14.0. The molecule has 0 fully saturated rings. The summed E-state index contributed by atoms with van der Waals surface area (Å²) >= 11 is 7.26. The maximum atomic E-state index is 12.0. The van der Waals surface area contributed by atoms with E-state index in [-0.39, 0.29) is 16.5 Å². The second-order valence-electron chi connectivity index (χ2n) is 3.56. The molecule has 1 aromatic carbocycles. The molecule has 0 aliphatic heterocycles. The highest BCUT2D eigenvalue weighted by Crippen LogP contribution is 2.22. The van der Waals surface area contributed by atoms with Crippen molar-refractivity contribution in [3.8, 4) is 6.07 Å². The van der Waals surface area contributed by atoms with Crippen molar-refractivity contribution in [2.45, 2.75) is 11.4 Å². The predicted octanol–water partition coefficient (Wildman–Crippen LogP) is 2.15. The third-order valence-electron chi connectivity index (χ3n) is 2.28. The van der Waals surface area contributed by atoms with Crippen molar-refractivity contribution >= 4 is 33.0 Å². The van der Waals surface area contributed by atoms with E-state index in [0.29, 0.717) is 11.3 Å². The van der Waals surface area contributed by atoms with Crippen LogP contribution in [0.2, 0.25) is 5.02 Å². The van der Waals surface area contributed by atoms with E-state index in [2.05, 4.69) is 9.71 Å². The zero-order valence-electron chi connectivity index (χ0n) is 9.50. The molecule has 0 amide bonds. The lowest BCUT2D eigenvalue weighted by Gasteiger charge is -2.07. The lowest BCUT2D eigenvalue weighted by atomic mass is 10.2. The van der Waals surface area contributed by atoms with Crippen LogP contribution < -0.4 is 4.72 Å². The summed E-state index contributed by atoms with van der Waals surface area (Å²) in [7, 11) is -3.72. The molecule has 0 bridgehead atoms. The van der Waals surface area contributed by atoms with Crippen molar-refractivity contribution in [1.29, 1.82) is 5.26 Å². The van der Waals surface area contributed by atoms with Gasteiger partial charge in [-0.25, -0.2) is 18.1 Å². The summed E-state index contributed by atoms with van der Waals surface area (Å²) in [5.41, 5.74) is 2.57. The number of benzene rings is 1. The average Bonchev–Trinajstić information content (AvgIpc) is 2.89. The Balaban J connectivity index is 2.22. The first-order valence-corrected chi connectivity index (χ1v) is 7.90. The van der Waals surface area contributed by atoms with Gasteiger partial charge in [-0.3, -0.25) is 0 Å². The van der Waals surface area contributed by atoms with Gasteiger partial charge in [-0.15, -0.1) is 11.3 Å². The third-order valence-corrected chi connectivity index (χ3v) is 4.80. The van der Waals surface area contributed by atoms with Crippen molar-refractivity contribution in [2.24, 2.45) is 0 Å². The molecular formula is C11H8ClN3O2S2. The molecule has 19 heavy (non-hydrogen) atoms. The number of sulfonamides is 1. The molecule has 0 unspecified atom stereocenters. The van der Waals surface area contributed by atoms with Crippen LogP contribution in [0.3, 0.4) is 0 Å². The summed E-state index contributed by atoms with van der Waals surface area (Å²) in [6.07, 6.45) is 0. The van der Waals surface area contributed by atoms with Crippen LogP contribution >= 0.6 is 22.9 Å². The standard InChI is InChI=1S/C11H8ClN3O2S2/c12-10-3-8(4-13)1-2-11(10)19(16,17)15-5-9-6-18-7-14-9/h1-3,6-7,15H,5H2. The normalized spacial score (nSPS) is 11.2. The molecule has 0 aliphatic rings. The summed E-state index contributed by atoms with van der Waals surface area (Å²) in [6.45, 7) is 0.0994. The van der Waals surface area contributed by atoms with Gasteiger partial charge < -0.3 is 0 Å². The first-order valence-electron chi connectivity index (χ1n) is 5.09. The van der Waals surface area contributed by atoms with E-state index in [1.54, 1.807) is 10.9 Å². The maximum Gasteiger partial charge on any atom is 0.242 e. The summed E-state index contributed by atoms with van der Waals surface area (Å²) < 4.78 is 26.5. The lowest BCUT2D eigenvalue weighted by Crippen LogP contribution is -2.23. The van der Waals surface area contributed by atoms with E-state index in [1.165, 1.54) is 29.5 Å². The Bertz CT molecular complexity index is 721. The van der Waals surface area contributed by atoms with E-state index >= 15 is 0 Å². The van der Waals surface area contributed by atoms with E-state index in [4.69, 9.17) is 16.9 Å². The Hall–Kier alpha value is -1.46. The van der Waals surface area contributed by atoms with E-state index in [9.17, 15) is 8.42 Å². The topological polar surface area (TPSA) is 82.8 Å². The SMILES string of the molecule is N#Cc1ccc(S(=O)(=O)NCc2cscn2)c(Cl)c1. The van der Waals surface area contributed by atoms with Gasteiger partial charge in [-0.05, 0) is 18.2 Å². The van der Waals surface area contributed by atoms with Crippen LogP contribution in [0.15, 0.2) is 34.0 Å². The maximum absolute atomic E-state index is 12.0. The van der Waals surface area contributed by atoms with Crippen LogP contribution in [0.4, 0.5) is 0 Å². The quantitative estimate of drug-likeness (QED) is 0.937. The number of nitrogens with one attached hydrogen (secondary N) is 1. The Morgan fingerprint density at radius 3 is 2.84 bits per heavy atom. The van der Waals surface area contributed by atoms with Gasteiger partial charge in [0.2, 0.25) is 10.0 Å². The molecule has 5 nitrogen and oxygen atoms in total. The van der Waals surface area contributed by atoms with E-state index in [0.717, 1.165) is 0 Å². The zero-order chi connectivity index (χ0) is 13.9. The minimum Gasteiger partial charge on any atom is -0.248 e. The van der Waals surface area contributed by atoms with Crippen LogP contribution in [0, 0.1) is 11.3 Å². The Morgan fingerprint density at radius 2 is 2.26 bits per heavy atom. The monoisotopic (exact) mass is 313 g/mol. The predicted molar refractivity (Wildman–Crippen MR) is 72.3 cm³/mol. The molecule has 0 atom stereocenters. The summed E-state index contributed by atoms with van der Waals surface area (Å²) in [5, 5.41) is 10.5. The summed E-state index contributed by atoms with van der Waals surface area (Å²) in [6, 6.07) is 5.93. The number of rotatable bonds is 4. The number of nitriles is 1. The highest BCUT2D eigenvalue weighted by Gasteiger charge is 2.18. The minimum absolute atomic E-state index is 0.0184. The third kappa shape index (κ3) is 3.30. The van der Waals surface area contributed by atoms with Gasteiger partial charge in [0.15, 0.2) is 0 Å². The summed E-state index contributed by atoms with van der Waals surface area (Å²) in [5.74, 6) is 0. The zero-order valence-corrected chi connectivity index (χ0v) is 11.9. The number of hydrogen-bond donors (Lipinski definition) is 1. The molecule has 0 radical (unpaired) electrons. The molecule has 1 aromatic heterocycles. The number of hydrogen-bond acceptors (Lipinski definition) is 5. The van der Waals surface area contributed by atoms with Gasteiger partial charge in [-0.1, -0.05) is 11.6 Å². The van der Waals surface area contributed by atoms with Gasteiger partial charge in [-0.2, -0.15) is 5.26 Å². The van der Waals surface area contributed by atoms with Crippen molar-refractivity contribution in [3.05, 3.63) is 45.4 Å². The van der Waals surface area contributed by atoms with Crippen LogP contribution in [0.1, 0.15) is 11.3 Å². The second-order valence-corrected chi connectivity index (χ2v) is 6.42. The molecule has 0 aliphatic carbocycles. The Morgan fingerprint density at radius 1 is 1.47 bits per heavy atom. The lowest BCUT2D eigenvalue weighted by molar-refractivity contribution is 0.580. The largest absolute Gasteiger partial charge is 0.248 e.